The van der Waals surface area contributed by atoms with E-state index in [1.165, 1.54) is 0 Å². The number of carbonyl (C=O) groups is 1. The molecule has 3 rings (SSSR count). The van der Waals surface area contributed by atoms with E-state index in [1.54, 1.807) is 22.5 Å². The first-order valence-corrected chi connectivity index (χ1v) is 11.7. The minimum Gasteiger partial charge on any atom is -0.492 e. The van der Waals surface area contributed by atoms with Crippen molar-refractivity contribution in [3.63, 3.8) is 0 Å². The van der Waals surface area contributed by atoms with Crippen LogP contribution < -0.4 is 15.4 Å². The second-order valence-electron chi connectivity index (χ2n) is 7.46. The molecule has 1 saturated heterocycles. The molecule has 0 atom stereocenters. The Morgan fingerprint density at radius 1 is 1.14 bits per heavy atom. The van der Waals surface area contributed by atoms with Crippen LogP contribution in [0.25, 0.3) is 0 Å². The number of benzene rings is 1. The van der Waals surface area contributed by atoms with Crippen LogP contribution in [0.1, 0.15) is 51.9 Å². The molecular formula is C20H31N3O4S. The van der Waals surface area contributed by atoms with Gasteiger partial charge in [0.1, 0.15) is 5.75 Å². The van der Waals surface area contributed by atoms with Crippen molar-refractivity contribution in [2.75, 3.05) is 31.6 Å². The molecule has 1 saturated carbocycles. The lowest BCUT2D eigenvalue weighted by Crippen LogP contribution is -2.37. The van der Waals surface area contributed by atoms with Crippen molar-refractivity contribution in [1.29, 1.82) is 0 Å². The molecule has 2 N–H and O–H groups in total. The highest BCUT2D eigenvalue weighted by Gasteiger charge is 2.27. The normalized spacial score (nSPS) is 18.8. The number of carbonyl (C=O) groups excluding carboxylic acids is 1. The highest BCUT2D eigenvalue weighted by atomic mass is 32.2. The number of anilines is 1. The molecule has 1 heterocycles. The second kappa shape index (κ2) is 9.60. The van der Waals surface area contributed by atoms with E-state index in [2.05, 4.69) is 10.6 Å². The monoisotopic (exact) mass is 409 g/mol. The molecule has 2 fully saturated rings. The van der Waals surface area contributed by atoms with Crippen molar-refractivity contribution in [2.45, 2.75) is 62.8 Å². The van der Waals surface area contributed by atoms with Crippen LogP contribution in [-0.2, 0) is 14.8 Å². The van der Waals surface area contributed by atoms with Gasteiger partial charge in [-0.2, -0.15) is 4.31 Å². The van der Waals surface area contributed by atoms with Crippen LogP contribution >= 0.6 is 0 Å². The van der Waals surface area contributed by atoms with Crippen molar-refractivity contribution < 1.29 is 17.9 Å². The van der Waals surface area contributed by atoms with E-state index < -0.39 is 10.0 Å². The first kappa shape index (κ1) is 20.9. The van der Waals surface area contributed by atoms with Gasteiger partial charge in [0.05, 0.1) is 23.7 Å². The number of nitrogens with zero attached hydrogens (tertiary/aromatic N) is 1. The molecule has 0 bridgehead atoms. The standard InChI is InChI=1S/C20H31N3O4S/c1-2-27-19-11-10-17(28(25,26)23-12-6-3-7-13-23)14-18(19)21-15-20(24)22-16-8-4-5-9-16/h10-11,14,16,21H,2-9,12-13,15H2,1H3,(H,22,24). The summed E-state index contributed by atoms with van der Waals surface area (Å²) in [5.74, 6) is 0.465. The van der Waals surface area contributed by atoms with E-state index in [4.69, 9.17) is 4.74 Å². The maximum absolute atomic E-state index is 13.0. The molecule has 1 aromatic carbocycles. The van der Waals surface area contributed by atoms with Gasteiger partial charge in [-0.1, -0.05) is 19.3 Å². The van der Waals surface area contributed by atoms with Gasteiger partial charge in [-0.3, -0.25) is 4.79 Å². The number of piperidine rings is 1. The fourth-order valence-electron chi connectivity index (χ4n) is 3.87. The second-order valence-corrected chi connectivity index (χ2v) is 9.40. The van der Waals surface area contributed by atoms with Gasteiger partial charge in [0.15, 0.2) is 0 Å². The summed E-state index contributed by atoms with van der Waals surface area (Å²) in [6, 6.07) is 5.08. The van der Waals surface area contributed by atoms with Gasteiger partial charge in [0.2, 0.25) is 15.9 Å². The van der Waals surface area contributed by atoms with Gasteiger partial charge in [0, 0.05) is 19.1 Å². The molecule has 1 aromatic rings. The van der Waals surface area contributed by atoms with E-state index in [0.29, 0.717) is 31.1 Å². The Balaban J connectivity index is 1.72. The quantitative estimate of drug-likeness (QED) is 0.689. The number of hydrogen-bond donors (Lipinski definition) is 2. The Kier molecular flexibility index (Phi) is 7.18. The molecular weight excluding hydrogens is 378 g/mol. The smallest absolute Gasteiger partial charge is 0.243 e. The molecule has 1 aliphatic carbocycles. The Hall–Kier alpha value is -1.80. The Morgan fingerprint density at radius 3 is 2.54 bits per heavy atom. The van der Waals surface area contributed by atoms with E-state index in [0.717, 1.165) is 44.9 Å². The fraction of sp³-hybridized carbons (Fsp3) is 0.650. The van der Waals surface area contributed by atoms with Gasteiger partial charge in [-0.15, -0.1) is 0 Å². The summed E-state index contributed by atoms with van der Waals surface area (Å²) in [4.78, 5) is 12.5. The van der Waals surface area contributed by atoms with Crippen molar-refractivity contribution in [3.05, 3.63) is 18.2 Å². The van der Waals surface area contributed by atoms with Crippen LogP contribution in [0.5, 0.6) is 5.75 Å². The average Bonchev–Trinajstić information content (AvgIpc) is 3.21. The summed E-state index contributed by atoms with van der Waals surface area (Å²) in [7, 11) is -3.54. The minimum atomic E-state index is -3.54. The highest BCUT2D eigenvalue weighted by molar-refractivity contribution is 7.89. The van der Waals surface area contributed by atoms with Crippen molar-refractivity contribution in [3.8, 4) is 5.75 Å². The Labute approximate surface area is 167 Å². The third-order valence-electron chi connectivity index (χ3n) is 5.36. The lowest BCUT2D eigenvalue weighted by molar-refractivity contribution is -0.120. The van der Waals surface area contributed by atoms with Crippen LogP contribution in [0.2, 0.25) is 0 Å². The Bertz CT molecular complexity index is 770. The van der Waals surface area contributed by atoms with Crippen LogP contribution in [-0.4, -0.2) is 50.9 Å². The molecule has 156 valence electrons. The van der Waals surface area contributed by atoms with Gasteiger partial charge in [0.25, 0.3) is 0 Å². The lowest BCUT2D eigenvalue weighted by atomic mass is 10.2. The number of ether oxygens (including phenoxy) is 1. The molecule has 0 radical (unpaired) electrons. The van der Waals surface area contributed by atoms with Crippen molar-refractivity contribution in [1.82, 2.24) is 9.62 Å². The molecule has 28 heavy (non-hydrogen) atoms. The number of rotatable bonds is 8. The van der Waals surface area contributed by atoms with Gasteiger partial charge < -0.3 is 15.4 Å². The maximum Gasteiger partial charge on any atom is 0.243 e. The predicted octanol–water partition coefficient (Wildman–Crippen LogP) is 2.73. The maximum atomic E-state index is 13.0. The van der Waals surface area contributed by atoms with Gasteiger partial charge in [-0.05, 0) is 50.8 Å². The van der Waals surface area contributed by atoms with Crippen LogP contribution in [0, 0.1) is 0 Å². The molecule has 1 aliphatic heterocycles. The summed E-state index contributed by atoms with van der Waals surface area (Å²) in [5, 5.41) is 6.10. The average molecular weight is 410 g/mol. The summed E-state index contributed by atoms with van der Waals surface area (Å²) in [5.41, 5.74) is 0.529. The number of hydrogen-bond acceptors (Lipinski definition) is 5. The van der Waals surface area contributed by atoms with E-state index in [9.17, 15) is 13.2 Å². The highest BCUT2D eigenvalue weighted by Crippen LogP contribution is 2.30. The summed E-state index contributed by atoms with van der Waals surface area (Å²) >= 11 is 0. The summed E-state index contributed by atoms with van der Waals surface area (Å²) < 4.78 is 33.1. The Morgan fingerprint density at radius 2 is 1.86 bits per heavy atom. The van der Waals surface area contributed by atoms with E-state index in [-0.39, 0.29) is 23.4 Å². The number of nitrogens with one attached hydrogen (secondary N) is 2. The topological polar surface area (TPSA) is 87.7 Å². The van der Waals surface area contributed by atoms with Crippen molar-refractivity contribution >= 4 is 21.6 Å². The van der Waals surface area contributed by atoms with Crippen LogP contribution in [0.4, 0.5) is 5.69 Å². The van der Waals surface area contributed by atoms with E-state index in [1.807, 2.05) is 6.92 Å². The first-order valence-electron chi connectivity index (χ1n) is 10.3. The van der Waals surface area contributed by atoms with E-state index >= 15 is 0 Å². The zero-order valence-corrected chi connectivity index (χ0v) is 17.4. The molecule has 7 nitrogen and oxygen atoms in total. The molecule has 1 amide bonds. The van der Waals surface area contributed by atoms with Crippen LogP contribution in [0.3, 0.4) is 0 Å². The molecule has 2 aliphatic rings. The number of amides is 1. The molecule has 0 aromatic heterocycles. The number of sulfonamides is 1. The first-order chi connectivity index (χ1) is 13.5. The lowest BCUT2D eigenvalue weighted by Gasteiger charge is -2.26. The molecule has 8 heteroatoms. The zero-order valence-electron chi connectivity index (χ0n) is 16.6. The van der Waals surface area contributed by atoms with Gasteiger partial charge in [-0.25, -0.2) is 8.42 Å². The summed E-state index contributed by atoms with van der Waals surface area (Å²) in [6.45, 7) is 3.53. The van der Waals surface area contributed by atoms with Crippen LogP contribution in [0.15, 0.2) is 23.1 Å². The van der Waals surface area contributed by atoms with Crippen molar-refractivity contribution in [2.24, 2.45) is 0 Å². The third kappa shape index (κ3) is 5.17. The third-order valence-corrected chi connectivity index (χ3v) is 7.26. The largest absolute Gasteiger partial charge is 0.492 e. The zero-order chi connectivity index (χ0) is 20.0. The fourth-order valence-corrected chi connectivity index (χ4v) is 5.41. The van der Waals surface area contributed by atoms with Gasteiger partial charge >= 0.3 is 0 Å². The summed E-state index contributed by atoms with van der Waals surface area (Å²) in [6.07, 6.45) is 7.22. The molecule has 0 spiro atoms. The molecule has 0 unspecified atom stereocenters. The minimum absolute atomic E-state index is 0.0846. The SMILES string of the molecule is CCOc1ccc(S(=O)(=O)N2CCCCC2)cc1NCC(=O)NC1CCCC1. The predicted molar refractivity (Wildman–Crippen MR) is 109 cm³/mol.